The van der Waals surface area contributed by atoms with Crippen molar-refractivity contribution in [2.45, 2.75) is 24.8 Å². The highest BCUT2D eigenvalue weighted by atomic mass is 16.5. The highest BCUT2D eigenvalue weighted by Gasteiger charge is 2.34. The first-order valence-corrected chi connectivity index (χ1v) is 9.75. The fourth-order valence-corrected chi connectivity index (χ4v) is 4.33. The SMILES string of the molecule is C=CC1=NC2C(=C)/N=C(/C=C)C3=C(CCC2c2ccccc21)CNC(=C)OC3=C. The molecular weight excluding hydrogens is 358 g/mol. The van der Waals surface area contributed by atoms with Crippen LogP contribution in [0.5, 0.6) is 0 Å². The number of rotatable bonds is 2. The molecule has 0 saturated carbocycles. The molecule has 3 aliphatic rings. The van der Waals surface area contributed by atoms with E-state index in [1.54, 1.807) is 6.08 Å². The number of hydrogen-bond acceptors (Lipinski definition) is 4. The summed E-state index contributed by atoms with van der Waals surface area (Å²) >= 11 is 0. The quantitative estimate of drug-likeness (QED) is 0.784. The minimum absolute atomic E-state index is 0.145. The smallest absolute Gasteiger partial charge is 0.186 e. The number of allylic oxidation sites excluding steroid dienone is 3. The molecule has 0 amide bonds. The van der Waals surface area contributed by atoms with Crippen molar-refractivity contribution < 1.29 is 4.74 Å². The summed E-state index contributed by atoms with van der Waals surface area (Å²) in [5, 5.41) is 3.22. The highest BCUT2D eigenvalue weighted by Crippen LogP contribution is 2.40. The van der Waals surface area contributed by atoms with Gasteiger partial charge in [0.1, 0.15) is 5.76 Å². The van der Waals surface area contributed by atoms with Crippen molar-refractivity contribution in [3.63, 3.8) is 0 Å². The molecule has 3 aliphatic heterocycles. The molecule has 4 heteroatoms. The van der Waals surface area contributed by atoms with Crippen LogP contribution in [0.4, 0.5) is 0 Å². The van der Waals surface area contributed by atoms with Gasteiger partial charge in [-0.15, -0.1) is 0 Å². The van der Waals surface area contributed by atoms with Crippen molar-refractivity contribution in [3.8, 4) is 0 Å². The third-order valence-corrected chi connectivity index (χ3v) is 5.68. The zero-order valence-electron chi connectivity index (χ0n) is 16.6. The molecule has 29 heavy (non-hydrogen) atoms. The Kier molecular flexibility index (Phi) is 4.93. The Morgan fingerprint density at radius 3 is 2.59 bits per heavy atom. The van der Waals surface area contributed by atoms with Gasteiger partial charge >= 0.3 is 0 Å². The maximum atomic E-state index is 5.74. The van der Waals surface area contributed by atoms with Gasteiger partial charge in [-0.3, -0.25) is 9.98 Å². The van der Waals surface area contributed by atoms with E-state index in [-0.39, 0.29) is 12.0 Å². The Balaban J connectivity index is 1.87. The van der Waals surface area contributed by atoms with E-state index in [0.717, 1.165) is 29.7 Å². The van der Waals surface area contributed by atoms with Gasteiger partial charge in [-0.05, 0) is 42.7 Å². The molecule has 2 unspecified atom stereocenters. The summed E-state index contributed by atoms with van der Waals surface area (Å²) in [5.41, 5.74) is 6.77. The number of hydrogen-bond donors (Lipinski definition) is 1. The lowest BCUT2D eigenvalue weighted by molar-refractivity contribution is 0.298. The summed E-state index contributed by atoms with van der Waals surface area (Å²) in [6, 6.07) is 8.26. The zero-order chi connectivity index (χ0) is 20.5. The average Bonchev–Trinajstić information content (AvgIpc) is 2.83. The molecule has 0 bridgehead atoms. The van der Waals surface area contributed by atoms with Crippen LogP contribution in [0.1, 0.15) is 29.9 Å². The van der Waals surface area contributed by atoms with Gasteiger partial charge in [0, 0.05) is 23.6 Å². The van der Waals surface area contributed by atoms with Crippen molar-refractivity contribution in [1.82, 2.24) is 5.32 Å². The summed E-state index contributed by atoms with van der Waals surface area (Å²) in [4.78, 5) is 9.83. The molecule has 146 valence electrons. The number of nitrogens with one attached hydrogen (secondary N) is 1. The third-order valence-electron chi connectivity index (χ3n) is 5.68. The topological polar surface area (TPSA) is 46.0 Å². The summed E-state index contributed by atoms with van der Waals surface area (Å²) in [7, 11) is 0. The maximum Gasteiger partial charge on any atom is 0.186 e. The fourth-order valence-electron chi connectivity index (χ4n) is 4.33. The molecule has 2 atom stereocenters. The van der Waals surface area contributed by atoms with Crippen LogP contribution in [0.25, 0.3) is 0 Å². The molecular formula is C25H25N3O. The van der Waals surface area contributed by atoms with E-state index in [4.69, 9.17) is 14.7 Å². The van der Waals surface area contributed by atoms with Gasteiger partial charge in [0.25, 0.3) is 0 Å². The van der Waals surface area contributed by atoms with Crippen molar-refractivity contribution >= 4 is 11.4 Å². The molecule has 4 nitrogen and oxygen atoms in total. The van der Waals surface area contributed by atoms with Crippen LogP contribution < -0.4 is 5.32 Å². The van der Waals surface area contributed by atoms with Crippen LogP contribution >= 0.6 is 0 Å². The predicted octanol–water partition coefficient (Wildman–Crippen LogP) is 4.96. The molecule has 3 heterocycles. The van der Waals surface area contributed by atoms with Gasteiger partial charge in [-0.2, -0.15) is 0 Å². The van der Waals surface area contributed by atoms with Gasteiger partial charge in [-0.1, -0.05) is 50.6 Å². The Morgan fingerprint density at radius 1 is 1.07 bits per heavy atom. The summed E-state index contributed by atoms with van der Waals surface area (Å²) in [6.07, 6.45) is 5.31. The van der Waals surface area contributed by atoms with Gasteiger partial charge in [0.15, 0.2) is 5.88 Å². The molecule has 0 aromatic heterocycles. The first-order valence-electron chi connectivity index (χ1n) is 9.75. The Labute approximate surface area is 172 Å². The molecule has 0 spiro atoms. The average molecular weight is 383 g/mol. The van der Waals surface area contributed by atoms with Crippen LogP contribution in [0.15, 0.2) is 108 Å². The van der Waals surface area contributed by atoms with E-state index in [1.165, 1.54) is 11.1 Å². The van der Waals surface area contributed by atoms with Gasteiger partial charge in [-0.25, -0.2) is 0 Å². The lowest BCUT2D eigenvalue weighted by atomic mass is 9.79. The fraction of sp³-hybridized carbons (Fsp3) is 0.200. The standard InChI is InChI=1S/C25H25N3O/c1-6-22-20-11-9-8-10-19(20)21-13-12-18-14-26-17(5)29-16(4)24(18)23(7-2)27-15(3)25(21)28-22/h6-11,21,25-26H,1-5,12-14H2/b27-23-. The summed E-state index contributed by atoms with van der Waals surface area (Å²) < 4.78 is 5.74. The first-order chi connectivity index (χ1) is 14.0. The number of aliphatic imine (C=N–C) groups is 2. The molecule has 0 saturated heterocycles. The van der Waals surface area contributed by atoms with E-state index >= 15 is 0 Å². The van der Waals surface area contributed by atoms with Crippen LogP contribution in [0.3, 0.4) is 0 Å². The molecule has 1 N–H and O–H groups in total. The Morgan fingerprint density at radius 2 is 1.83 bits per heavy atom. The lowest BCUT2D eigenvalue weighted by Gasteiger charge is -2.31. The Bertz CT molecular complexity index is 1040. The molecule has 4 rings (SSSR count). The first kappa shape index (κ1) is 18.9. The van der Waals surface area contributed by atoms with Crippen LogP contribution in [0.2, 0.25) is 0 Å². The van der Waals surface area contributed by atoms with E-state index < -0.39 is 0 Å². The highest BCUT2D eigenvalue weighted by molar-refractivity contribution is 6.12. The summed E-state index contributed by atoms with van der Waals surface area (Å²) in [5.74, 6) is 1.20. The minimum Gasteiger partial charge on any atom is -0.442 e. The molecule has 1 aromatic carbocycles. The second-order valence-electron chi connectivity index (χ2n) is 7.37. The van der Waals surface area contributed by atoms with E-state index in [0.29, 0.717) is 29.6 Å². The molecule has 0 radical (unpaired) electrons. The Hall–Kier alpha value is -3.40. The number of nitrogens with zero attached hydrogens (tertiary/aromatic N) is 2. The van der Waals surface area contributed by atoms with Gasteiger partial charge < -0.3 is 10.1 Å². The van der Waals surface area contributed by atoms with Crippen LogP contribution in [-0.4, -0.2) is 24.0 Å². The number of benzene rings is 1. The summed E-state index contributed by atoms with van der Waals surface area (Å²) in [6.45, 7) is 20.8. The zero-order valence-corrected chi connectivity index (χ0v) is 16.6. The molecule has 0 fully saturated rings. The van der Waals surface area contributed by atoms with E-state index in [2.05, 4.69) is 56.4 Å². The van der Waals surface area contributed by atoms with E-state index in [9.17, 15) is 0 Å². The van der Waals surface area contributed by atoms with Crippen molar-refractivity contribution in [2.75, 3.05) is 6.54 Å². The van der Waals surface area contributed by atoms with Gasteiger partial charge in [0.05, 0.1) is 23.2 Å². The van der Waals surface area contributed by atoms with Crippen LogP contribution in [0, 0.1) is 0 Å². The lowest BCUT2D eigenvalue weighted by Crippen LogP contribution is -2.27. The second-order valence-corrected chi connectivity index (χ2v) is 7.37. The van der Waals surface area contributed by atoms with Gasteiger partial charge in [0.2, 0.25) is 0 Å². The number of ether oxygens (including phenoxy) is 1. The number of fused-ring (bicyclic) bond motifs is 3. The van der Waals surface area contributed by atoms with E-state index in [1.807, 2.05) is 12.1 Å². The van der Waals surface area contributed by atoms with Crippen molar-refractivity contribution in [3.05, 3.63) is 109 Å². The maximum absolute atomic E-state index is 5.74. The minimum atomic E-state index is -0.145. The van der Waals surface area contributed by atoms with Crippen molar-refractivity contribution in [1.29, 1.82) is 0 Å². The third kappa shape index (κ3) is 3.31. The molecule has 0 aliphatic carbocycles. The van der Waals surface area contributed by atoms with Crippen molar-refractivity contribution in [2.24, 2.45) is 9.98 Å². The van der Waals surface area contributed by atoms with Crippen LogP contribution in [-0.2, 0) is 4.74 Å². The largest absolute Gasteiger partial charge is 0.442 e. The molecule has 1 aromatic rings. The second kappa shape index (κ2) is 7.55. The monoisotopic (exact) mass is 383 g/mol. The normalized spacial score (nSPS) is 25.9. The predicted molar refractivity (Wildman–Crippen MR) is 120 cm³/mol.